The van der Waals surface area contributed by atoms with Crippen LogP contribution in [-0.2, 0) is 6.61 Å². The SMILES string of the molecule is O=C(NCC(O)c1ccc(Cl)cc1)c1ccc(COc2ccc3ccccc3c2)o1. The van der Waals surface area contributed by atoms with Crippen molar-refractivity contribution in [3.63, 3.8) is 0 Å². The Bertz CT molecular complexity index is 1150. The molecule has 0 fully saturated rings. The van der Waals surface area contributed by atoms with Gasteiger partial charge in [0, 0.05) is 11.6 Å². The molecule has 0 aliphatic rings. The Hall–Kier alpha value is -3.28. The topological polar surface area (TPSA) is 71.7 Å². The minimum Gasteiger partial charge on any atom is -0.486 e. The Morgan fingerprint density at radius 1 is 1.00 bits per heavy atom. The molecule has 1 atom stereocenters. The molecule has 1 amide bonds. The van der Waals surface area contributed by atoms with Crippen molar-refractivity contribution in [3.8, 4) is 5.75 Å². The molecule has 4 rings (SSSR count). The maximum Gasteiger partial charge on any atom is 0.287 e. The van der Waals surface area contributed by atoms with E-state index in [1.54, 1.807) is 36.4 Å². The highest BCUT2D eigenvalue weighted by Crippen LogP contribution is 2.22. The molecule has 2 N–H and O–H groups in total. The first kappa shape index (κ1) is 20.0. The summed E-state index contributed by atoms with van der Waals surface area (Å²) < 4.78 is 11.4. The van der Waals surface area contributed by atoms with Gasteiger partial charge < -0.3 is 19.6 Å². The first-order valence-electron chi connectivity index (χ1n) is 9.50. The number of fused-ring (bicyclic) bond motifs is 1. The number of hydrogen-bond donors (Lipinski definition) is 2. The molecule has 30 heavy (non-hydrogen) atoms. The molecular weight excluding hydrogens is 402 g/mol. The zero-order valence-electron chi connectivity index (χ0n) is 16.0. The Kier molecular flexibility index (Phi) is 6.02. The minimum absolute atomic E-state index is 0.0596. The molecule has 0 aliphatic carbocycles. The second kappa shape index (κ2) is 9.03. The fourth-order valence-electron chi connectivity index (χ4n) is 3.07. The Balaban J connectivity index is 1.31. The number of nitrogens with one attached hydrogen (secondary N) is 1. The second-order valence-corrected chi connectivity index (χ2v) is 7.28. The van der Waals surface area contributed by atoms with Crippen LogP contribution < -0.4 is 10.1 Å². The summed E-state index contributed by atoms with van der Waals surface area (Å²) in [6, 6.07) is 24.0. The zero-order valence-corrected chi connectivity index (χ0v) is 16.8. The number of carbonyl (C=O) groups is 1. The first-order valence-corrected chi connectivity index (χ1v) is 9.88. The van der Waals surface area contributed by atoms with Gasteiger partial charge in [-0.1, -0.05) is 54.1 Å². The van der Waals surface area contributed by atoms with Gasteiger partial charge in [-0.3, -0.25) is 4.79 Å². The number of aliphatic hydroxyl groups is 1. The van der Waals surface area contributed by atoms with Gasteiger partial charge in [-0.2, -0.15) is 0 Å². The molecule has 0 saturated carbocycles. The van der Waals surface area contributed by atoms with Gasteiger partial charge in [-0.15, -0.1) is 0 Å². The van der Waals surface area contributed by atoms with Crippen LogP contribution in [0.1, 0.15) is 28.0 Å². The third kappa shape index (κ3) is 4.82. The molecule has 0 radical (unpaired) electrons. The Morgan fingerprint density at radius 2 is 1.77 bits per heavy atom. The van der Waals surface area contributed by atoms with Crippen LogP contribution in [0, 0.1) is 0 Å². The molecule has 1 aromatic heterocycles. The maximum atomic E-state index is 12.3. The fraction of sp³-hybridized carbons (Fsp3) is 0.125. The number of aliphatic hydroxyl groups excluding tert-OH is 1. The summed E-state index contributed by atoms with van der Waals surface area (Å²) in [5, 5.41) is 15.7. The van der Waals surface area contributed by atoms with Gasteiger partial charge in [0.05, 0.1) is 6.10 Å². The van der Waals surface area contributed by atoms with Crippen molar-refractivity contribution >= 4 is 28.3 Å². The van der Waals surface area contributed by atoms with Gasteiger partial charge >= 0.3 is 0 Å². The number of halogens is 1. The third-order valence-electron chi connectivity index (χ3n) is 4.70. The minimum atomic E-state index is -0.836. The van der Waals surface area contributed by atoms with E-state index in [0.29, 0.717) is 16.3 Å². The van der Waals surface area contributed by atoms with Gasteiger partial charge in [0.25, 0.3) is 5.91 Å². The van der Waals surface area contributed by atoms with Crippen molar-refractivity contribution in [2.24, 2.45) is 0 Å². The van der Waals surface area contributed by atoms with E-state index in [-0.39, 0.29) is 18.9 Å². The van der Waals surface area contributed by atoms with Gasteiger partial charge in [-0.25, -0.2) is 0 Å². The van der Waals surface area contributed by atoms with E-state index in [2.05, 4.69) is 5.32 Å². The molecule has 0 saturated heterocycles. The van der Waals surface area contributed by atoms with Gasteiger partial charge in [0.2, 0.25) is 0 Å². The summed E-state index contributed by atoms with van der Waals surface area (Å²) in [6.45, 7) is 0.267. The number of carbonyl (C=O) groups excluding carboxylic acids is 1. The van der Waals surface area contributed by atoms with Crippen LogP contribution in [0.2, 0.25) is 5.02 Å². The smallest absolute Gasteiger partial charge is 0.287 e. The average molecular weight is 422 g/mol. The van der Waals surface area contributed by atoms with Crippen molar-refractivity contribution in [2.45, 2.75) is 12.7 Å². The first-order chi connectivity index (χ1) is 14.6. The van der Waals surface area contributed by atoms with E-state index in [4.69, 9.17) is 20.8 Å². The molecule has 0 bridgehead atoms. The lowest BCUT2D eigenvalue weighted by molar-refractivity contribution is 0.0885. The average Bonchev–Trinajstić information content (AvgIpc) is 3.25. The molecule has 3 aromatic carbocycles. The van der Waals surface area contributed by atoms with Gasteiger partial charge in [0.1, 0.15) is 18.1 Å². The second-order valence-electron chi connectivity index (χ2n) is 6.84. The summed E-state index contributed by atoms with van der Waals surface area (Å²) in [7, 11) is 0. The fourth-order valence-corrected chi connectivity index (χ4v) is 3.19. The quantitative estimate of drug-likeness (QED) is 0.434. The van der Waals surface area contributed by atoms with E-state index < -0.39 is 12.0 Å². The van der Waals surface area contributed by atoms with Crippen molar-refractivity contribution < 1.29 is 19.1 Å². The predicted octanol–water partition coefficient (Wildman–Crippen LogP) is 5.13. The van der Waals surface area contributed by atoms with E-state index in [9.17, 15) is 9.90 Å². The number of ether oxygens (including phenoxy) is 1. The van der Waals surface area contributed by atoms with Crippen LogP contribution >= 0.6 is 11.6 Å². The zero-order chi connectivity index (χ0) is 20.9. The van der Waals surface area contributed by atoms with Crippen LogP contribution in [-0.4, -0.2) is 17.6 Å². The van der Waals surface area contributed by atoms with Crippen LogP contribution in [0.5, 0.6) is 5.75 Å². The number of benzene rings is 3. The predicted molar refractivity (Wildman–Crippen MR) is 116 cm³/mol. The number of hydrogen-bond acceptors (Lipinski definition) is 4. The summed E-state index contributed by atoms with van der Waals surface area (Å²) in [5.41, 5.74) is 0.670. The standard InChI is InChI=1S/C24H20ClNO4/c25-19-8-5-17(6-9-19)22(27)14-26-24(28)23-12-11-21(30-23)15-29-20-10-7-16-3-1-2-4-18(16)13-20/h1-13,22,27H,14-15H2,(H,26,28). The number of rotatable bonds is 7. The monoisotopic (exact) mass is 421 g/mol. The summed E-state index contributed by atoms with van der Waals surface area (Å²) in [4.78, 5) is 12.3. The van der Waals surface area contributed by atoms with Crippen LogP contribution in [0.4, 0.5) is 0 Å². The molecule has 152 valence electrons. The molecule has 0 aliphatic heterocycles. The lowest BCUT2D eigenvalue weighted by Gasteiger charge is -2.11. The highest BCUT2D eigenvalue weighted by Gasteiger charge is 2.14. The molecular formula is C24H20ClNO4. The number of amides is 1. The summed E-state index contributed by atoms with van der Waals surface area (Å²) in [6.07, 6.45) is -0.836. The van der Waals surface area contributed by atoms with E-state index in [0.717, 1.165) is 16.5 Å². The Morgan fingerprint density at radius 3 is 2.57 bits per heavy atom. The third-order valence-corrected chi connectivity index (χ3v) is 4.95. The van der Waals surface area contributed by atoms with Crippen molar-refractivity contribution in [1.29, 1.82) is 0 Å². The molecule has 1 heterocycles. The number of furan rings is 1. The lowest BCUT2D eigenvalue weighted by atomic mass is 10.1. The molecule has 4 aromatic rings. The van der Waals surface area contributed by atoms with Crippen molar-refractivity contribution in [1.82, 2.24) is 5.32 Å². The molecule has 1 unspecified atom stereocenters. The summed E-state index contributed by atoms with van der Waals surface area (Å²) >= 11 is 5.84. The highest BCUT2D eigenvalue weighted by molar-refractivity contribution is 6.30. The van der Waals surface area contributed by atoms with Crippen LogP contribution in [0.25, 0.3) is 10.8 Å². The summed E-state index contributed by atoms with van der Waals surface area (Å²) in [5.74, 6) is 1.02. The van der Waals surface area contributed by atoms with E-state index >= 15 is 0 Å². The maximum absolute atomic E-state index is 12.3. The van der Waals surface area contributed by atoms with Crippen LogP contribution in [0.3, 0.4) is 0 Å². The van der Waals surface area contributed by atoms with Crippen molar-refractivity contribution in [2.75, 3.05) is 6.54 Å². The van der Waals surface area contributed by atoms with E-state index in [1.807, 2.05) is 42.5 Å². The van der Waals surface area contributed by atoms with Gasteiger partial charge in [-0.05, 0) is 52.7 Å². The van der Waals surface area contributed by atoms with E-state index in [1.165, 1.54) is 0 Å². The molecule has 0 spiro atoms. The highest BCUT2D eigenvalue weighted by atomic mass is 35.5. The largest absolute Gasteiger partial charge is 0.486 e. The van der Waals surface area contributed by atoms with Gasteiger partial charge in [0.15, 0.2) is 5.76 Å². The van der Waals surface area contributed by atoms with Crippen LogP contribution in [0.15, 0.2) is 83.3 Å². The van der Waals surface area contributed by atoms with Crippen molar-refractivity contribution in [3.05, 3.63) is 101 Å². The molecule has 5 nitrogen and oxygen atoms in total. The lowest BCUT2D eigenvalue weighted by Crippen LogP contribution is -2.28. The normalized spacial score (nSPS) is 11.9. The molecule has 6 heteroatoms. The Labute approximate surface area is 178 Å².